The lowest BCUT2D eigenvalue weighted by molar-refractivity contribution is -0.385. The summed E-state index contributed by atoms with van der Waals surface area (Å²) >= 11 is 39.2. The molecule has 0 N–H and O–H groups in total. The van der Waals surface area contributed by atoms with E-state index in [2.05, 4.69) is 0 Å². The van der Waals surface area contributed by atoms with Crippen LogP contribution in [0.2, 0.25) is 0 Å². The van der Waals surface area contributed by atoms with Gasteiger partial charge in [0, 0.05) is 23.8 Å². The second-order valence-electron chi connectivity index (χ2n) is 9.12. The van der Waals surface area contributed by atoms with Crippen molar-refractivity contribution in [2.24, 2.45) is 11.8 Å². The lowest BCUT2D eigenvalue weighted by atomic mass is 9.84. The molecule has 3 amide bonds. The highest BCUT2D eigenvalue weighted by Crippen LogP contribution is 2.77. The van der Waals surface area contributed by atoms with Gasteiger partial charge < -0.3 is 0 Å². The zero-order chi connectivity index (χ0) is 29.5. The van der Waals surface area contributed by atoms with Crippen LogP contribution in [-0.4, -0.2) is 51.7 Å². The van der Waals surface area contributed by atoms with E-state index >= 15 is 0 Å². The summed E-state index contributed by atoms with van der Waals surface area (Å²) in [7, 11) is 0. The van der Waals surface area contributed by atoms with Crippen LogP contribution in [0.1, 0.15) is 15.9 Å². The van der Waals surface area contributed by atoms with Crippen LogP contribution >= 0.6 is 69.6 Å². The van der Waals surface area contributed by atoms with Crippen molar-refractivity contribution in [2.75, 3.05) is 0 Å². The van der Waals surface area contributed by atoms with Gasteiger partial charge in [0.15, 0.2) is 4.33 Å². The molecule has 0 spiro atoms. The Bertz CT molecular complexity index is 1520. The second kappa shape index (κ2) is 9.43. The topological polar surface area (TPSA) is 144 Å². The fourth-order valence-corrected chi connectivity index (χ4v) is 8.24. The molecular weight excluding hydrogens is 657 g/mol. The first-order valence-electron chi connectivity index (χ1n) is 11.1. The molecule has 11 nitrogen and oxygen atoms in total. The van der Waals surface area contributed by atoms with Crippen molar-refractivity contribution in [1.29, 1.82) is 0 Å². The van der Waals surface area contributed by atoms with Crippen LogP contribution in [-0.2, 0) is 16.1 Å². The first-order chi connectivity index (χ1) is 18.6. The summed E-state index contributed by atoms with van der Waals surface area (Å²) in [6.07, 6.45) is 0. The Morgan fingerprint density at radius 2 is 1.35 bits per heavy atom. The van der Waals surface area contributed by atoms with Crippen molar-refractivity contribution >= 4 is 98.7 Å². The number of hydrazine groups is 1. The van der Waals surface area contributed by atoms with E-state index in [1.807, 2.05) is 0 Å². The quantitative estimate of drug-likeness (QED) is 0.171. The maximum atomic E-state index is 13.9. The average molecular weight is 669 g/mol. The Hall–Kier alpha value is -2.67. The van der Waals surface area contributed by atoms with Gasteiger partial charge in [0.25, 0.3) is 29.1 Å². The van der Waals surface area contributed by atoms with Gasteiger partial charge in [0.1, 0.15) is 9.75 Å². The van der Waals surface area contributed by atoms with Gasteiger partial charge in [-0.05, 0) is 12.1 Å². The summed E-state index contributed by atoms with van der Waals surface area (Å²) in [5.41, 5.74) is -0.948. The van der Waals surface area contributed by atoms with Crippen LogP contribution in [0.4, 0.5) is 11.4 Å². The summed E-state index contributed by atoms with van der Waals surface area (Å²) in [6.45, 7) is -0.643. The SMILES string of the molecule is O=C(c1ccc([N+](=O)[O-])cc1)N(Cc1ccccc1[N+](=O)[O-])N1C(=O)[C@H]2[C@H](C1=O)[C@@]1(Cl)C(Cl)=C(Cl)[C@@]2(Cl)C1(Cl)Cl. The van der Waals surface area contributed by atoms with Crippen molar-refractivity contribution in [1.82, 2.24) is 10.0 Å². The maximum Gasteiger partial charge on any atom is 0.274 e. The molecule has 1 saturated heterocycles. The normalized spacial score (nSPS) is 28.2. The first-order valence-corrected chi connectivity index (χ1v) is 13.4. The van der Waals surface area contributed by atoms with Crippen LogP contribution in [0.15, 0.2) is 58.6 Å². The summed E-state index contributed by atoms with van der Waals surface area (Å²) < 4.78 is -2.21. The molecule has 2 aromatic carbocycles. The summed E-state index contributed by atoms with van der Waals surface area (Å²) in [5, 5.41) is 23.2. The molecule has 0 aromatic heterocycles. The lowest BCUT2D eigenvalue weighted by Crippen LogP contribution is -2.55. The number of non-ortho nitro benzene ring substituents is 1. The molecule has 2 bridgehead atoms. The molecule has 0 radical (unpaired) electrons. The van der Waals surface area contributed by atoms with Gasteiger partial charge in [-0.2, -0.15) is 5.01 Å². The van der Waals surface area contributed by atoms with Crippen molar-refractivity contribution in [3.63, 3.8) is 0 Å². The second-order valence-corrected chi connectivity index (χ2v) is 12.4. The Morgan fingerprint density at radius 3 is 1.82 bits per heavy atom. The van der Waals surface area contributed by atoms with Crippen LogP contribution in [0, 0.1) is 32.1 Å². The van der Waals surface area contributed by atoms with Crippen molar-refractivity contribution in [2.45, 2.75) is 20.6 Å². The number of rotatable bonds is 6. The highest BCUT2D eigenvalue weighted by molar-refractivity contribution is 6.66. The zero-order valence-electron chi connectivity index (χ0n) is 19.4. The third-order valence-electron chi connectivity index (χ3n) is 7.19. The van der Waals surface area contributed by atoms with E-state index < -0.39 is 65.7 Å². The molecule has 0 unspecified atom stereocenters. The number of allylic oxidation sites excluding steroid dienone is 2. The molecule has 1 aliphatic heterocycles. The fraction of sp³-hybridized carbons (Fsp3) is 0.261. The highest BCUT2D eigenvalue weighted by atomic mass is 35.5. The van der Waals surface area contributed by atoms with E-state index in [4.69, 9.17) is 69.6 Å². The molecular formula is C23H12Cl6N4O7. The van der Waals surface area contributed by atoms with E-state index in [0.29, 0.717) is 10.0 Å². The Balaban J connectivity index is 1.63. The minimum Gasteiger partial charge on any atom is -0.272 e. The van der Waals surface area contributed by atoms with E-state index in [1.165, 1.54) is 24.3 Å². The number of fused-ring (bicyclic) bond motifs is 5. The monoisotopic (exact) mass is 666 g/mol. The third kappa shape index (κ3) is 3.55. The molecule has 17 heteroatoms. The van der Waals surface area contributed by atoms with Gasteiger partial charge in [-0.15, -0.1) is 23.2 Å². The predicted octanol–water partition coefficient (Wildman–Crippen LogP) is 5.51. The van der Waals surface area contributed by atoms with Gasteiger partial charge >= 0.3 is 0 Å². The number of halogens is 6. The number of carbonyl (C=O) groups is 3. The molecule has 40 heavy (non-hydrogen) atoms. The third-order valence-corrected chi connectivity index (χ3v) is 11.5. The highest BCUT2D eigenvalue weighted by Gasteiger charge is 2.88. The number of carbonyl (C=O) groups excluding carboxylic acids is 3. The van der Waals surface area contributed by atoms with Crippen LogP contribution < -0.4 is 0 Å². The van der Waals surface area contributed by atoms with Gasteiger partial charge in [0.2, 0.25) is 0 Å². The molecule has 2 fully saturated rings. The number of amides is 3. The first kappa shape index (κ1) is 28.8. The van der Waals surface area contributed by atoms with Gasteiger partial charge in [-0.25, -0.2) is 5.01 Å². The Morgan fingerprint density at radius 1 is 0.850 bits per heavy atom. The summed E-state index contributed by atoms with van der Waals surface area (Å²) in [4.78, 5) is 58.6. The number of para-hydroxylation sites is 1. The van der Waals surface area contributed by atoms with Gasteiger partial charge in [-0.3, -0.25) is 34.6 Å². The number of hydrogen-bond acceptors (Lipinski definition) is 7. The summed E-state index contributed by atoms with van der Waals surface area (Å²) in [6, 6.07) is 9.64. The molecule has 208 valence electrons. The molecule has 2 aromatic rings. The average Bonchev–Trinajstić information content (AvgIpc) is 3.30. The molecule has 2 aliphatic carbocycles. The van der Waals surface area contributed by atoms with Crippen molar-refractivity contribution in [3.05, 3.63) is 90.0 Å². The molecule has 4 atom stereocenters. The van der Waals surface area contributed by atoms with E-state index in [9.17, 15) is 34.6 Å². The van der Waals surface area contributed by atoms with Gasteiger partial charge in [0.05, 0.1) is 43.9 Å². The summed E-state index contributed by atoms with van der Waals surface area (Å²) in [5.74, 6) is -6.25. The number of nitro benzene ring substituents is 2. The number of benzene rings is 2. The zero-order valence-corrected chi connectivity index (χ0v) is 23.9. The fourth-order valence-electron chi connectivity index (χ4n) is 5.31. The van der Waals surface area contributed by atoms with Gasteiger partial charge in [-0.1, -0.05) is 64.6 Å². The number of imide groups is 1. The van der Waals surface area contributed by atoms with Crippen LogP contribution in [0.5, 0.6) is 0 Å². The number of nitrogens with zero attached hydrogens (tertiary/aromatic N) is 4. The number of hydrogen-bond donors (Lipinski definition) is 0. The van der Waals surface area contributed by atoms with E-state index in [-0.39, 0.29) is 26.9 Å². The van der Waals surface area contributed by atoms with Crippen molar-refractivity contribution < 1.29 is 24.2 Å². The molecule has 1 heterocycles. The standard InChI is InChI=1S/C23H12Cl6N4O7/c24-16-17(25)22(27)15-14(21(16,26)23(22,28)29)19(35)31(20(15)36)30(9-11-3-1-2-4-13(11)33(39)40)18(34)10-5-7-12(8-6-10)32(37)38/h1-8,14-15H,9H2/t14-,15-,21-,22-/m1/s1. The van der Waals surface area contributed by atoms with E-state index in [0.717, 1.165) is 24.3 Å². The smallest absolute Gasteiger partial charge is 0.272 e. The van der Waals surface area contributed by atoms with Crippen LogP contribution in [0.3, 0.4) is 0 Å². The minimum atomic E-state index is -2.21. The Kier molecular flexibility index (Phi) is 6.80. The largest absolute Gasteiger partial charge is 0.274 e. The number of alkyl halides is 4. The molecule has 1 saturated carbocycles. The number of nitro groups is 2. The maximum absolute atomic E-state index is 13.9. The lowest BCUT2D eigenvalue weighted by Gasteiger charge is -2.37. The molecule has 3 aliphatic rings. The van der Waals surface area contributed by atoms with Crippen molar-refractivity contribution in [3.8, 4) is 0 Å². The Labute approximate surface area is 254 Å². The predicted molar refractivity (Wildman–Crippen MR) is 145 cm³/mol. The van der Waals surface area contributed by atoms with Crippen LogP contribution in [0.25, 0.3) is 0 Å². The minimum absolute atomic E-state index is 0.0391. The molecule has 5 rings (SSSR count). The van der Waals surface area contributed by atoms with E-state index in [1.54, 1.807) is 0 Å².